The molecule has 1 amide bonds. The van der Waals surface area contributed by atoms with Gasteiger partial charge in [0.15, 0.2) is 5.69 Å². The molecule has 1 fully saturated rings. The number of hydrogen-bond acceptors (Lipinski definition) is 5. The molecule has 1 aromatic heterocycles. The number of carbonyl (C=O) groups is 1. The van der Waals surface area contributed by atoms with Crippen molar-refractivity contribution < 1.29 is 27.5 Å². The SMILES string of the molecule is CC1(C(O)(CCC2CC2)c2ccc(F)c(NC(=O)c3cc(C(F)(F)F)nn3-c3cccc(C#N)c3)c2)CC=CC=N1. The van der Waals surface area contributed by atoms with Gasteiger partial charge in [0, 0.05) is 12.3 Å². The highest BCUT2D eigenvalue weighted by Crippen LogP contribution is 2.47. The number of dihydropyridines is 1. The summed E-state index contributed by atoms with van der Waals surface area (Å²) in [6, 6.07) is 11.9. The van der Waals surface area contributed by atoms with Crippen molar-refractivity contribution >= 4 is 17.8 Å². The number of carbonyl (C=O) groups excluding carboxylic acids is 1. The Bertz CT molecular complexity index is 1580. The molecular formula is C30H27F4N5O2. The van der Waals surface area contributed by atoms with Crippen LogP contribution in [-0.2, 0) is 11.8 Å². The van der Waals surface area contributed by atoms with Crippen LogP contribution in [0.15, 0.2) is 65.7 Å². The number of anilines is 1. The molecule has 0 radical (unpaired) electrons. The van der Waals surface area contributed by atoms with Gasteiger partial charge < -0.3 is 10.4 Å². The Labute approximate surface area is 233 Å². The van der Waals surface area contributed by atoms with Gasteiger partial charge in [0.25, 0.3) is 5.91 Å². The Hall–Kier alpha value is -4.30. The fraction of sp³-hybridized carbons (Fsp3) is 0.333. The van der Waals surface area contributed by atoms with Crippen molar-refractivity contribution in [2.45, 2.75) is 56.3 Å². The van der Waals surface area contributed by atoms with E-state index in [2.05, 4.69) is 15.4 Å². The second kappa shape index (κ2) is 10.6. The average molecular weight is 566 g/mol. The van der Waals surface area contributed by atoms with Crippen molar-refractivity contribution in [3.8, 4) is 11.8 Å². The summed E-state index contributed by atoms with van der Waals surface area (Å²) in [6.07, 6.45) is 4.11. The number of alkyl halides is 3. The number of amides is 1. The van der Waals surface area contributed by atoms with Gasteiger partial charge in [0.2, 0.25) is 0 Å². The largest absolute Gasteiger partial charge is 0.435 e. The monoisotopic (exact) mass is 565 g/mol. The molecule has 212 valence electrons. The van der Waals surface area contributed by atoms with Crippen molar-refractivity contribution in [2.75, 3.05) is 5.32 Å². The third-order valence-electron chi connectivity index (χ3n) is 7.74. The van der Waals surface area contributed by atoms with Gasteiger partial charge >= 0.3 is 6.18 Å². The zero-order chi connectivity index (χ0) is 29.4. The van der Waals surface area contributed by atoms with Crippen LogP contribution in [0.3, 0.4) is 0 Å². The first-order valence-corrected chi connectivity index (χ1v) is 13.2. The van der Waals surface area contributed by atoms with Crippen LogP contribution < -0.4 is 5.32 Å². The van der Waals surface area contributed by atoms with E-state index in [1.165, 1.54) is 36.4 Å². The van der Waals surface area contributed by atoms with Crippen molar-refractivity contribution in [3.05, 3.63) is 89.0 Å². The van der Waals surface area contributed by atoms with Crippen LogP contribution in [0.4, 0.5) is 23.2 Å². The lowest BCUT2D eigenvalue weighted by Gasteiger charge is -2.43. The molecule has 2 heterocycles. The number of nitrogens with zero attached hydrogens (tertiary/aromatic N) is 4. The number of hydrogen-bond donors (Lipinski definition) is 2. The Kier molecular flexibility index (Phi) is 7.30. The second-order valence-corrected chi connectivity index (χ2v) is 10.7. The predicted molar refractivity (Wildman–Crippen MR) is 144 cm³/mol. The lowest BCUT2D eigenvalue weighted by molar-refractivity contribution is -0.141. The average Bonchev–Trinajstić information content (AvgIpc) is 3.67. The molecule has 1 aliphatic heterocycles. The fourth-order valence-corrected chi connectivity index (χ4v) is 5.09. The molecule has 41 heavy (non-hydrogen) atoms. The molecule has 2 N–H and O–H groups in total. The number of aliphatic imine (C=N–C) groups is 1. The molecule has 7 nitrogen and oxygen atoms in total. The number of nitrogens with one attached hydrogen (secondary N) is 1. The minimum Gasteiger partial charge on any atom is -0.383 e. The molecule has 3 aromatic rings. The highest BCUT2D eigenvalue weighted by Gasteiger charge is 2.48. The van der Waals surface area contributed by atoms with E-state index in [0.717, 1.165) is 30.0 Å². The van der Waals surface area contributed by atoms with Crippen molar-refractivity contribution in [3.63, 3.8) is 0 Å². The number of rotatable bonds is 8. The van der Waals surface area contributed by atoms with Gasteiger partial charge in [-0.3, -0.25) is 9.79 Å². The van der Waals surface area contributed by atoms with Gasteiger partial charge in [-0.15, -0.1) is 0 Å². The van der Waals surface area contributed by atoms with E-state index in [1.54, 1.807) is 12.3 Å². The minimum absolute atomic E-state index is 0.0458. The van der Waals surface area contributed by atoms with Gasteiger partial charge in [-0.25, -0.2) is 9.07 Å². The van der Waals surface area contributed by atoms with Crippen LogP contribution in [0, 0.1) is 23.1 Å². The van der Waals surface area contributed by atoms with E-state index in [4.69, 9.17) is 0 Å². The number of nitriles is 1. The summed E-state index contributed by atoms with van der Waals surface area (Å²) in [6.45, 7) is 1.81. The summed E-state index contributed by atoms with van der Waals surface area (Å²) >= 11 is 0. The summed E-state index contributed by atoms with van der Waals surface area (Å²) < 4.78 is 56.5. The number of benzene rings is 2. The molecule has 2 aromatic carbocycles. The molecule has 0 bridgehead atoms. The molecular weight excluding hydrogens is 538 g/mol. The Morgan fingerprint density at radius 3 is 2.66 bits per heavy atom. The first-order chi connectivity index (χ1) is 19.4. The molecule has 5 rings (SSSR count). The van der Waals surface area contributed by atoms with Gasteiger partial charge in [-0.2, -0.15) is 23.5 Å². The Balaban J connectivity index is 1.52. The maximum atomic E-state index is 15.0. The maximum absolute atomic E-state index is 15.0. The molecule has 2 atom stereocenters. The molecule has 0 spiro atoms. The highest BCUT2D eigenvalue weighted by molar-refractivity contribution is 6.03. The molecule has 1 saturated carbocycles. The van der Waals surface area contributed by atoms with Crippen LogP contribution >= 0.6 is 0 Å². The van der Waals surface area contributed by atoms with Gasteiger partial charge in [0.05, 0.1) is 28.5 Å². The van der Waals surface area contributed by atoms with Crippen LogP contribution in [0.1, 0.15) is 66.3 Å². The topological polar surface area (TPSA) is 103 Å². The summed E-state index contributed by atoms with van der Waals surface area (Å²) in [4.78, 5) is 17.9. The van der Waals surface area contributed by atoms with E-state index in [9.17, 15) is 28.3 Å². The summed E-state index contributed by atoms with van der Waals surface area (Å²) in [5.74, 6) is -1.40. The van der Waals surface area contributed by atoms with Crippen molar-refractivity contribution in [1.82, 2.24) is 9.78 Å². The molecule has 1 aliphatic carbocycles. The lowest BCUT2D eigenvalue weighted by atomic mass is 9.70. The van der Waals surface area contributed by atoms with Gasteiger partial charge in [0.1, 0.15) is 17.1 Å². The van der Waals surface area contributed by atoms with Crippen LogP contribution in [0.2, 0.25) is 0 Å². The minimum atomic E-state index is -4.86. The zero-order valence-corrected chi connectivity index (χ0v) is 22.1. The van der Waals surface area contributed by atoms with Gasteiger partial charge in [-0.1, -0.05) is 31.1 Å². The third-order valence-corrected chi connectivity index (χ3v) is 7.74. The second-order valence-electron chi connectivity index (χ2n) is 10.7. The Morgan fingerprint density at radius 2 is 2.00 bits per heavy atom. The predicted octanol–water partition coefficient (Wildman–Crippen LogP) is 6.32. The maximum Gasteiger partial charge on any atom is 0.435 e. The number of aliphatic hydroxyl groups is 1. The van der Waals surface area contributed by atoms with E-state index in [-0.39, 0.29) is 16.9 Å². The number of allylic oxidation sites excluding steroid dienone is 1. The molecule has 0 saturated heterocycles. The third kappa shape index (κ3) is 5.65. The van der Waals surface area contributed by atoms with Crippen molar-refractivity contribution in [1.29, 1.82) is 5.26 Å². The Morgan fingerprint density at radius 1 is 1.22 bits per heavy atom. The van der Waals surface area contributed by atoms with Gasteiger partial charge in [-0.05, 0) is 74.1 Å². The van der Waals surface area contributed by atoms with E-state index in [0.29, 0.717) is 30.4 Å². The lowest BCUT2D eigenvalue weighted by Crippen LogP contribution is -2.49. The molecule has 2 aliphatic rings. The first kappa shape index (κ1) is 28.2. The summed E-state index contributed by atoms with van der Waals surface area (Å²) in [7, 11) is 0. The summed E-state index contributed by atoms with van der Waals surface area (Å²) in [5, 5.41) is 27.2. The fourth-order valence-electron chi connectivity index (χ4n) is 5.09. The van der Waals surface area contributed by atoms with Crippen LogP contribution in [0.5, 0.6) is 0 Å². The van der Waals surface area contributed by atoms with Crippen molar-refractivity contribution in [2.24, 2.45) is 10.9 Å². The summed E-state index contributed by atoms with van der Waals surface area (Å²) in [5.41, 5.74) is -4.10. The first-order valence-electron chi connectivity index (χ1n) is 13.2. The quantitative estimate of drug-likeness (QED) is 0.312. The number of halogens is 4. The molecule has 2 unspecified atom stereocenters. The van der Waals surface area contributed by atoms with E-state index < -0.39 is 40.4 Å². The highest BCUT2D eigenvalue weighted by atomic mass is 19.4. The normalized spacial score (nSPS) is 19.9. The smallest absolute Gasteiger partial charge is 0.383 e. The van der Waals surface area contributed by atoms with Crippen LogP contribution in [0.25, 0.3) is 5.69 Å². The standard InChI is InChI=1S/C30H27F4N5O2/c1-28(12-2-3-14-36-28)29(41,13-11-19-7-8-19)21-9-10-23(31)24(16-21)37-27(40)25-17-26(30(32,33)34)38-39(25)22-6-4-5-20(15-22)18-35/h2-6,9-10,14-17,19,41H,7-8,11-13H2,1H3,(H,37,40). The van der Waals surface area contributed by atoms with E-state index >= 15 is 4.39 Å². The molecule has 11 heteroatoms. The van der Waals surface area contributed by atoms with E-state index in [1.807, 2.05) is 19.1 Å². The van der Waals surface area contributed by atoms with Crippen LogP contribution in [-0.4, -0.2) is 32.5 Å². The number of aromatic nitrogens is 2. The zero-order valence-electron chi connectivity index (χ0n) is 22.1.